The molecule has 2 aliphatic heterocycles. The zero-order chi connectivity index (χ0) is 9.76. The van der Waals surface area contributed by atoms with Crippen molar-refractivity contribution in [2.75, 3.05) is 13.2 Å². The first-order chi connectivity index (χ1) is 6.74. The largest absolute Gasteiger partial charge is 0.378 e. The molecule has 0 aromatic carbocycles. The highest BCUT2D eigenvalue weighted by Crippen LogP contribution is 2.52. The van der Waals surface area contributed by atoms with Crippen molar-refractivity contribution < 1.29 is 9.47 Å². The van der Waals surface area contributed by atoms with Gasteiger partial charge >= 0.3 is 0 Å². The number of aromatic nitrogens is 2. The molecular weight excluding hydrogens is 248 g/mol. The SMILES string of the molecule is Cn1ncc(Br)c1[C@]12CCOC[C@@H]1O2. The second kappa shape index (κ2) is 2.81. The Morgan fingerprint density at radius 2 is 2.57 bits per heavy atom. The fraction of sp³-hybridized carbons (Fsp3) is 0.667. The van der Waals surface area contributed by atoms with E-state index in [1.807, 2.05) is 17.9 Å². The van der Waals surface area contributed by atoms with Crippen LogP contribution in [0.1, 0.15) is 12.1 Å². The summed E-state index contributed by atoms with van der Waals surface area (Å²) in [5.41, 5.74) is 1.02. The molecular formula is C9H11BrN2O2. The first kappa shape index (κ1) is 8.88. The lowest BCUT2D eigenvalue weighted by molar-refractivity contribution is 0.0958. The highest BCUT2D eigenvalue weighted by molar-refractivity contribution is 9.10. The van der Waals surface area contributed by atoms with Crippen LogP contribution in [0.15, 0.2) is 10.7 Å². The van der Waals surface area contributed by atoms with Crippen molar-refractivity contribution in [3.63, 3.8) is 0 Å². The van der Waals surface area contributed by atoms with E-state index >= 15 is 0 Å². The van der Waals surface area contributed by atoms with E-state index < -0.39 is 0 Å². The number of epoxide rings is 1. The maximum Gasteiger partial charge on any atom is 0.142 e. The Bertz CT molecular complexity index is 359. The van der Waals surface area contributed by atoms with Gasteiger partial charge in [-0.2, -0.15) is 5.10 Å². The monoisotopic (exact) mass is 258 g/mol. The van der Waals surface area contributed by atoms with Crippen LogP contribution < -0.4 is 0 Å². The molecule has 76 valence electrons. The third-order valence-corrected chi connectivity index (χ3v) is 3.58. The topological polar surface area (TPSA) is 39.6 Å². The van der Waals surface area contributed by atoms with E-state index in [0.29, 0.717) is 6.61 Å². The summed E-state index contributed by atoms with van der Waals surface area (Å²) in [6.45, 7) is 1.48. The van der Waals surface area contributed by atoms with Crippen LogP contribution >= 0.6 is 15.9 Å². The van der Waals surface area contributed by atoms with Gasteiger partial charge in [0.15, 0.2) is 0 Å². The van der Waals surface area contributed by atoms with E-state index in [0.717, 1.165) is 23.2 Å². The number of halogens is 1. The Morgan fingerprint density at radius 3 is 3.21 bits per heavy atom. The summed E-state index contributed by atoms with van der Waals surface area (Å²) < 4.78 is 14.0. The number of hydrogen-bond donors (Lipinski definition) is 0. The number of ether oxygens (including phenoxy) is 2. The first-order valence-corrected chi connectivity index (χ1v) is 5.47. The molecule has 3 heterocycles. The van der Waals surface area contributed by atoms with Gasteiger partial charge in [-0.05, 0) is 15.9 Å². The van der Waals surface area contributed by atoms with E-state index in [-0.39, 0.29) is 11.7 Å². The molecule has 14 heavy (non-hydrogen) atoms. The van der Waals surface area contributed by atoms with Crippen molar-refractivity contribution in [1.82, 2.24) is 9.78 Å². The second-order valence-corrected chi connectivity index (χ2v) is 4.64. The Balaban J connectivity index is 2.03. The number of rotatable bonds is 1. The van der Waals surface area contributed by atoms with Crippen molar-refractivity contribution in [3.05, 3.63) is 16.4 Å². The number of fused-ring (bicyclic) bond motifs is 1. The molecule has 0 N–H and O–H groups in total. The average molecular weight is 259 g/mol. The van der Waals surface area contributed by atoms with Crippen LogP contribution in [0.4, 0.5) is 0 Å². The maximum atomic E-state index is 5.76. The zero-order valence-electron chi connectivity index (χ0n) is 7.86. The smallest absolute Gasteiger partial charge is 0.142 e. The standard InChI is InChI=1S/C9H11BrN2O2/c1-12-8(6(10)4-11-12)9-2-3-13-5-7(9)14-9/h4,7H,2-3,5H2,1H3/t7-,9-/m0/s1. The molecule has 0 unspecified atom stereocenters. The van der Waals surface area contributed by atoms with Gasteiger partial charge in [0.1, 0.15) is 11.7 Å². The number of aryl methyl sites for hydroxylation is 1. The second-order valence-electron chi connectivity index (χ2n) is 3.79. The molecule has 0 amide bonds. The molecule has 0 saturated carbocycles. The van der Waals surface area contributed by atoms with Crippen LogP contribution in [0.3, 0.4) is 0 Å². The van der Waals surface area contributed by atoms with E-state index in [9.17, 15) is 0 Å². The zero-order valence-corrected chi connectivity index (χ0v) is 9.45. The van der Waals surface area contributed by atoms with E-state index in [1.54, 1.807) is 0 Å². The van der Waals surface area contributed by atoms with E-state index in [4.69, 9.17) is 9.47 Å². The molecule has 2 saturated heterocycles. The van der Waals surface area contributed by atoms with Gasteiger partial charge in [0.05, 0.1) is 23.0 Å². The summed E-state index contributed by atoms with van der Waals surface area (Å²) >= 11 is 3.51. The summed E-state index contributed by atoms with van der Waals surface area (Å²) in [6.07, 6.45) is 2.97. The van der Waals surface area contributed by atoms with Crippen LogP contribution in [0, 0.1) is 0 Å². The van der Waals surface area contributed by atoms with Gasteiger partial charge in [-0.15, -0.1) is 0 Å². The lowest BCUT2D eigenvalue weighted by atomic mass is 9.96. The van der Waals surface area contributed by atoms with Crippen molar-refractivity contribution in [2.45, 2.75) is 18.1 Å². The van der Waals surface area contributed by atoms with Gasteiger partial charge in [0, 0.05) is 20.1 Å². The molecule has 0 radical (unpaired) electrons. The van der Waals surface area contributed by atoms with Gasteiger partial charge in [-0.3, -0.25) is 4.68 Å². The fourth-order valence-corrected chi connectivity index (χ4v) is 2.92. The molecule has 0 spiro atoms. The molecule has 3 rings (SSSR count). The Kier molecular flexibility index (Phi) is 1.78. The fourth-order valence-electron chi connectivity index (χ4n) is 2.24. The van der Waals surface area contributed by atoms with Gasteiger partial charge < -0.3 is 9.47 Å². The molecule has 2 aliphatic rings. The lowest BCUT2D eigenvalue weighted by Gasteiger charge is -2.18. The Morgan fingerprint density at radius 1 is 1.71 bits per heavy atom. The maximum absolute atomic E-state index is 5.76. The van der Waals surface area contributed by atoms with Crippen LogP contribution in [0.2, 0.25) is 0 Å². The predicted molar refractivity (Wildman–Crippen MR) is 52.9 cm³/mol. The number of hydrogen-bond acceptors (Lipinski definition) is 3. The summed E-state index contributed by atoms with van der Waals surface area (Å²) in [5.74, 6) is 0. The van der Waals surface area contributed by atoms with Gasteiger partial charge in [0.25, 0.3) is 0 Å². The Labute approximate surface area is 90.3 Å². The van der Waals surface area contributed by atoms with Crippen molar-refractivity contribution in [1.29, 1.82) is 0 Å². The average Bonchev–Trinajstić information content (AvgIpc) is 2.81. The predicted octanol–water partition coefficient (Wildman–Crippen LogP) is 1.20. The molecule has 1 aromatic rings. The normalized spacial score (nSPS) is 35.4. The molecule has 4 nitrogen and oxygen atoms in total. The van der Waals surface area contributed by atoms with Crippen molar-refractivity contribution in [3.8, 4) is 0 Å². The van der Waals surface area contributed by atoms with Crippen molar-refractivity contribution in [2.24, 2.45) is 7.05 Å². The minimum Gasteiger partial charge on any atom is -0.378 e. The minimum absolute atomic E-state index is 0.123. The van der Waals surface area contributed by atoms with Crippen molar-refractivity contribution >= 4 is 15.9 Å². The van der Waals surface area contributed by atoms with Crippen LogP contribution in [-0.4, -0.2) is 29.1 Å². The summed E-state index contributed by atoms with van der Waals surface area (Å²) in [4.78, 5) is 0. The summed E-state index contributed by atoms with van der Waals surface area (Å²) in [5, 5.41) is 4.21. The van der Waals surface area contributed by atoms with Gasteiger partial charge in [-0.25, -0.2) is 0 Å². The molecule has 2 atom stereocenters. The molecule has 0 aliphatic carbocycles. The third-order valence-electron chi connectivity index (χ3n) is 3.00. The Hall–Kier alpha value is -0.390. The summed E-state index contributed by atoms with van der Waals surface area (Å²) in [7, 11) is 1.95. The number of nitrogens with zero attached hydrogens (tertiary/aromatic N) is 2. The van der Waals surface area contributed by atoms with Gasteiger partial charge in [-0.1, -0.05) is 0 Å². The molecule has 0 bridgehead atoms. The quantitative estimate of drug-likeness (QED) is 0.711. The minimum atomic E-state index is -0.123. The molecule has 1 aromatic heterocycles. The van der Waals surface area contributed by atoms with E-state index in [2.05, 4.69) is 21.0 Å². The van der Waals surface area contributed by atoms with Crippen LogP contribution in [0.5, 0.6) is 0 Å². The highest BCUT2D eigenvalue weighted by Gasteiger charge is 2.61. The third kappa shape index (κ3) is 1.03. The van der Waals surface area contributed by atoms with Crippen LogP contribution in [-0.2, 0) is 22.1 Å². The van der Waals surface area contributed by atoms with Crippen LogP contribution in [0.25, 0.3) is 0 Å². The van der Waals surface area contributed by atoms with Gasteiger partial charge in [0.2, 0.25) is 0 Å². The molecule has 2 fully saturated rings. The molecule has 5 heteroatoms. The summed E-state index contributed by atoms with van der Waals surface area (Å²) in [6, 6.07) is 0. The highest BCUT2D eigenvalue weighted by atomic mass is 79.9. The lowest BCUT2D eigenvalue weighted by Crippen LogP contribution is -2.27. The van der Waals surface area contributed by atoms with E-state index in [1.165, 1.54) is 0 Å². The first-order valence-electron chi connectivity index (χ1n) is 4.67.